The van der Waals surface area contributed by atoms with Crippen molar-refractivity contribution in [1.82, 2.24) is 0 Å². The molecule has 0 saturated carbocycles. The van der Waals surface area contributed by atoms with Gasteiger partial charge in [0.05, 0.1) is 0 Å². The molecular weight excluding hydrogens is 200 g/mol. The predicted molar refractivity (Wildman–Crippen MR) is 56.4 cm³/mol. The monoisotopic (exact) mass is 220 g/mol. The zero-order chi connectivity index (χ0) is 8.53. The van der Waals surface area contributed by atoms with Gasteiger partial charge in [-0.2, -0.15) is 0 Å². The van der Waals surface area contributed by atoms with Gasteiger partial charge in [-0.1, -0.05) is 68.3 Å². The first-order chi connectivity index (χ1) is 5.27. The first-order valence-corrected chi connectivity index (χ1v) is 5.83. The van der Waals surface area contributed by atoms with Crippen LogP contribution in [0.25, 0.3) is 0 Å². The Labute approximate surface area is 79.9 Å². The van der Waals surface area contributed by atoms with E-state index in [2.05, 4.69) is 29.8 Å². The van der Waals surface area contributed by atoms with Crippen molar-refractivity contribution >= 4 is 15.9 Å². The first-order valence-electron chi connectivity index (χ1n) is 4.91. The molecule has 68 valence electrons. The molecule has 0 spiro atoms. The molecule has 0 bridgehead atoms. The van der Waals surface area contributed by atoms with Gasteiger partial charge in [0.1, 0.15) is 0 Å². The van der Waals surface area contributed by atoms with E-state index in [9.17, 15) is 0 Å². The van der Waals surface area contributed by atoms with E-state index in [-0.39, 0.29) is 0 Å². The van der Waals surface area contributed by atoms with E-state index in [0.29, 0.717) is 4.83 Å². The second kappa shape index (κ2) is 8.58. The van der Waals surface area contributed by atoms with Gasteiger partial charge >= 0.3 is 0 Å². The Balaban J connectivity index is 2.80. The topological polar surface area (TPSA) is 0 Å². The molecule has 0 nitrogen and oxygen atoms in total. The molecule has 0 rings (SSSR count). The van der Waals surface area contributed by atoms with Crippen molar-refractivity contribution < 1.29 is 0 Å². The number of unbranched alkanes of at least 4 members (excludes halogenated alkanes) is 5. The average molecular weight is 221 g/mol. The number of hydrogen-bond donors (Lipinski definition) is 0. The lowest BCUT2D eigenvalue weighted by atomic mass is 10.1. The van der Waals surface area contributed by atoms with Crippen LogP contribution in [0.2, 0.25) is 0 Å². The molecule has 0 radical (unpaired) electrons. The zero-order valence-electron chi connectivity index (χ0n) is 7.91. The minimum absolute atomic E-state index is 0.716. The molecule has 0 aromatic rings. The third-order valence-corrected chi connectivity index (χ3v) is 2.41. The van der Waals surface area contributed by atoms with Crippen LogP contribution in [0.15, 0.2) is 0 Å². The minimum Gasteiger partial charge on any atom is -0.0894 e. The highest BCUT2D eigenvalue weighted by Crippen LogP contribution is 2.11. The fraction of sp³-hybridized carbons (Fsp3) is 1.00. The maximum Gasteiger partial charge on any atom is 0.0117 e. The molecule has 1 atom stereocenters. The molecule has 0 aliphatic carbocycles. The van der Waals surface area contributed by atoms with E-state index in [1.54, 1.807) is 0 Å². The van der Waals surface area contributed by atoms with Crippen molar-refractivity contribution in [3.05, 3.63) is 0 Å². The van der Waals surface area contributed by atoms with Crippen LogP contribution in [0.1, 0.15) is 58.8 Å². The lowest BCUT2D eigenvalue weighted by Crippen LogP contribution is -1.89. The Bertz CT molecular complexity index is 69.3. The van der Waals surface area contributed by atoms with E-state index in [1.807, 2.05) is 0 Å². The molecular formula is C10H21Br. The molecule has 0 aliphatic heterocycles. The molecule has 0 aromatic carbocycles. The number of halogens is 1. The van der Waals surface area contributed by atoms with Gasteiger partial charge in [0.15, 0.2) is 0 Å². The maximum atomic E-state index is 3.56. The summed E-state index contributed by atoms with van der Waals surface area (Å²) < 4.78 is 0. The van der Waals surface area contributed by atoms with Crippen LogP contribution < -0.4 is 0 Å². The Morgan fingerprint density at radius 2 is 1.55 bits per heavy atom. The first kappa shape index (κ1) is 11.5. The summed E-state index contributed by atoms with van der Waals surface area (Å²) in [6.07, 6.45) is 9.82. The largest absolute Gasteiger partial charge is 0.0894 e. The van der Waals surface area contributed by atoms with Crippen molar-refractivity contribution in [2.75, 3.05) is 0 Å². The molecule has 0 aromatic heterocycles. The molecule has 0 unspecified atom stereocenters. The number of alkyl halides is 1. The fourth-order valence-electron chi connectivity index (χ4n) is 1.21. The van der Waals surface area contributed by atoms with Crippen molar-refractivity contribution in [2.24, 2.45) is 0 Å². The standard InChI is InChI=1S/C10H21Br/c1-3-4-5-6-7-8-9-10(2)11/h10H,3-9H2,1-2H3/t10-/m0/s1. The Hall–Kier alpha value is 0.480. The van der Waals surface area contributed by atoms with E-state index in [1.165, 1.54) is 44.9 Å². The quantitative estimate of drug-likeness (QED) is 0.438. The maximum absolute atomic E-state index is 3.56. The summed E-state index contributed by atoms with van der Waals surface area (Å²) in [5.74, 6) is 0. The summed E-state index contributed by atoms with van der Waals surface area (Å²) in [5, 5.41) is 0. The van der Waals surface area contributed by atoms with E-state index < -0.39 is 0 Å². The highest BCUT2D eigenvalue weighted by molar-refractivity contribution is 9.09. The molecule has 0 fully saturated rings. The van der Waals surface area contributed by atoms with Crippen LogP contribution in [0.3, 0.4) is 0 Å². The van der Waals surface area contributed by atoms with E-state index >= 15 is 0 Å². The lowest BCUT2D eigenvalue weighted by Gasteiger charge is -2.02. The lowest BCUT2D eigenvalue weighted by molar-refractivity contribution is 0.590. The summed E-state index contributed by atoms with van der Waals surface area (Å²) in [5.41, 5.74) is 0. The van der Waals surface area contributed by atoms with Crippen LogP contribution in [0, 0.1) is 0 Å². The highest BCUT2D eigenvalue weighted by atomic mass is 79.9. The van der Waals surface area contributed by atoms with E-state index in [0.717, 1.165) is 0 Å². The van der Waals surface area contributed by atoms with Gasteiger partial charge in [-0.05, 0) is 6.42 Å². The summed E-state index contributed by atoms with van der Waals surface area (Å²) in [6, 6.07) is 0. The van der Waals surface area contributed by atoms with Crippen molar-refractivity contribution in [3.8, 4) is 0 Å². The SMILES string of the molecule is CCCCCCCC[C@H](C)Br. The number of rotatable bonds is 7. The molecule has 0 saturated heterocycles. The van der Waals surface area contributed by atoms with Crippen molar-refractivity contribution in [2.45, 2.75) is 63.6 Å². The molecule has 0 N–H and O–H groups in total. The van der Waals surface area contributed by atoms with Crippen molar-refractivity contribution in [1.29, 1.82) is 0 Å². The summed E-state index contributed by atoms with van der Waals surface area (Å²) in [4.78, 5) is 0.716. The van der Waals surface area contributed by atoms with Gasteiger partial charge in [-0.3, -0.25) is 0 Å². The highest BCUT2D eigenvalue weighted by Gasteiger charge is 1.94. The van der Waals surface area contributed by atoms with Gasteiger partial charge in [0.2, 0.25) is 0 Å². The van der Waals surface area contributed by atoms with Crippen LogP contribution in [-0.4, -0.2) is 4.83 Å². The van der Waals surface area contributed by atoms with Gasteiger partial charge in [-0.25, -0.2) is 0 Å². The van der Waals surface area contributed by atoms with Gasteiger partial charge in [-0.15, -0.1) is 0 Å². The second-order valence-electron chi connectivity index (χ2n) is 3.34. The Kier molecular flexibility index (Phi) is 8.95. The second-order valence-corrected chi connectivity index (χ2v) is 4.90. The molecule has 1 heteroatoms. The molecule has 0 heterocycles. The van der Waals surface area contributed by atoms with Crippen molar-refractivity contribution in [3.63, 3.8) is 0 Å². The fourth-order valence-corrected chi connectivity index (χ4v) is 1.53. The van der Waals surface area contributed by atoms with Crippen LogP contribution >= 0.6 is 15.9 Å². The predicted octanol–water partition coefficient (Wildman–Crippen LogP) is 4.52. The minimum atomic E-state index is 0.716. The van der Waals surface area contributed by atoms with Crippen LogP contribution in [0.5, 0.6) is 0 Å². The van der Waals surface area contributed by atoms with Gasteiger partial charge in [0.25, 0.3) is 0 Å². The Morgan fingerprint density at radius 3 is 2.09 bits per heavy atom. The van der Waals surface area contributed by atoms with Gasteiger partial charge in [0, 0.05) is 4.83 Å². The number of hydrogen-bond acceptors (Lipinski definition) is 0. The normalized spacial score (nSPS) is 13.4. The average Bonchev–Trinajstić information content (AvgIpc) is 1.96. The molecule has 11 heavy (non-hydrogen) atoms. The molecule has 0 aliphatic rings. The van der Waals surface area contributed by atoms with Crippen LogP contribution in [-0.2, 0) is 0 Å². The van der Waals surface area contributed by atoms with E-state index in [4.69, 9.17) is 0 Å². The summed E-state index contributed by atoms with van der Waals surface area (Å²) in [7, 11) is 0. The molecule has 0 amide bonds. The smallest absolute Gasteiger partial charge is 0.0117 e. The van der Waals surface area contributed by atoms with Crippen LogP contribution in [0.4, 0.5) is 0 Å². The summed E-state index contributed by atoms with van der Waals surface area (Å²) in [6.45, 7) is 4.49. The third kappa shape index (κ3) is 10.5. The van der Waals surface area contributed by atoms with Gasteiger partial charge < -0.3 is 0 Å². The summed E-state index contributed by atoms with van der Waals surface area (Å²) >= 11 is 3.56. The third-order valence-electron chi connectivity index (χ3n) is 1.96. The Morgan fingerprint density at radius 1 is 1.00 bits per heavy atom. The zero-order valence-corrected chi connectivity index (χ0v) is 9.49.